The van der Waals surface area contributed by atoms with Crippen molar-refractivity contribution >= 4 is 34.1 Å². The summed E-state index contributed by atoms with van der Waals surface area (Å²) in [6.07, 6.45) is 3.58. The van der Waals surface area contributed by atoms with Crippen molar-refractivity contribution in [2.45, 2.75) is 4.90 Å². The van der Waals surface area contributed by atoms with Gasteiger partial charge in [-0.15, -0.1) is 11.8 Å². The molecule has 4 aromatic rings. The van der Waals surface area contributed by atoms with Gasteiger partial charge in [0.15, 0.2) is 0 Å². The summed E-state index contributed by atoms with van der Waals surface area (Å²) < 4.78 is 6.77. The van der Waals surface area contributed by atoms with E-state index in [1.165, 1.54) is 4.57 Å². The topological polar surface area (TPSA) is 60.3 Å². The number of anilines is 1. The zero-order valence-electron chi connectivity index (χ0n) is 16.6. The van der Waals surface area contributed by atoms with E-state index in [1.807, 2.05) is 54.8 Å². The summed E-state index contributed by atoms with van der Waals surface area (Å²) in [5.74, 6) is 0.355. The summed E-state index contributed by atoms with van der Waals surface area (Å²) in [5.41, 5.74) is 1.56. The van der Waals surface area contributed by atoms with Crippen LogP contribution < -0.4 is 15.6 Å². The number of fused-ring (bicyclic) bond motifs is 1. The summed E-state index contributed by atoms with van der Waals surface area (Å²) in [6, 6.07) is 22.0. The fourth-order valence-electron chi connectivity index (χ4n) is 3.32. The van der Waals surface area contributed by atoms with E-state index in [4.69, 9.17) is 4.74 Å². The van der Waals surface area contributed by atoms with Crippen molar-refractivity contribution in [2.24, 2.45) is 0 Å². The number of ether oxygens (including phenoxy) is 1. The van der Waals surface area contributed by atoms with Crippen molar-refractivity contribution < 1.29 is 9.53 Å². The number of amides is 1. The summed E-state index contributed by atoms with van der Waals surface area (Å²) in [4.78, 5) is 27.4. The maximum absolute atomic E-state index is 13.2. The zero-order chi connectivity index (χ0) is 21.1. The number of thioether (sulfide) groups is 1. The number of rotatable bonds is 5. The zero-order valence-corrected chi connectivity index (χ0v) is 17.4. The third-order valence-electron chi connectivity index (χ3n) is 4.83. The Bertz CT molecular complexity index is 1300. The van der Waals surface area contributed by atoms with E-state index in [2.05, 4.69) is 5.32 Å². The second-order valence-electron chi connectivity index (χ2n) is 6.65. The van der Waals surface area contributed by atoms with E-state index in [9.17, 15) is 9.59 Å². The summed E-state index contributed by atoms with van der Waals surface area (Å²) in [5, 5.41) is 4.04. The Morgan fingerprint density at radius 1 is 0.967 bits per heavy atom. The number of nitrogens with zero attached hydrogens (tertiary/aromatic N) is 1. The molecule has 0 bridgehead atoms. The van der Waals surface area contributed by atoms with Gasteiger partial charge in [0.05, 0.1) is 18.4 Å². The summed E-state index contributed by atoms with van der Waals surface area (Å²) >= 11 is 1.60. The van der Waals surface area contributed by atoms with E-state index >= 15 is 0 Å². The first-order valence-corrected chi connectivity index (χ1v) is 10.6. The molecule has 1 heterocycles. The second-order valence-corrected chi connectivity index (χ2v) is 7.53. The minimum absolute atomic E-state index is 0.195. The van der Waals surface area contributed by atoms with Gasteiger partial charge >= 0.3 is 0 Å². The molecule has 30 heavy (non-hydrogen) atoms. The van der Waals surface area contributed by atoms with Crippen LogP contribution in [0, 0.1) is 0 Å². The maximum Gasteiger partial charge on any atom is 0.262 e. The van der Waals surface area contributed by atoms with Crippen LogP contribution in [0.2, 0.25) is 0 Å². The van der Waals surface area contributed by atoms with E-state index in [0.717, 1.165) is 4.90 Å². The normalized spacial score (nSPS) is 10.7. The Kier molecular flexibility index (Phi) is 5.59. The average Bonchev–Trinajstić information content (AvgIpc) is 2.79. The highest BCUT2D eigenvalue weighted by Gasteiger charge is 2.16. The molecule has 0 saturated carbocycles. The Labute approximate surface area is 178 Å². The molecule has 0 saturated heterocycles. The highest BCUT2D eigenvalue weighted by Crippen LogP contribution is 2.23. The number of hydrogen-bond acceptors (Lipinski definition) is 4. The van der Waals surface area contributed by atoms with Gasteiger partial charge in [0.1, 0.15) is 5.75 Å². The highest BCUT2D eigenvalue weighted by molar-refractivity contribution is 7.98. The van der Waals surface area contributed by atoms with Crippen LogP contribution in [0.1, 0.15) is 10.4 Å². The standard InChI is InChI=1S/C24H20N2O3S/c1-29-18-9-6-8-17(14-18)26-15-22(20-11-3-4-12-21(20)24(26)28)23(27)25-16-7-5-10-19(13-16)30-2/h3-15H,1-2H3,(H,25,27). The third-order valence-corrected chi connectivity index (χ3v) is 5.55. The molecule has 4 rings (SSSR count). The Balaban J connectivity index is 1.85. The minimum atomic E-state index is -0.277. The Hall–Kier alpha value is -3.51. The van der Waals surface area contributed by atoms with Crippen molar-refractivity contribution in [3.05, 3.63) is 94.9 Å². The van der Waals surface area contributed by atoms with Gasteiger partial charge in [-0.05, 0) is 42.7 Å². The molecule has 0 atom stereocenters. The van der Waals surface area contributed by atoms with Crippen LogP contribution >= 0.6 is 11.8 Å². The SMILES string of the molecule is COc1cccc(-n2cc(C(=O)Nc3cccc(SC)c3)c3ccccc3c2=O)c1. The fraction of sp³-hybridized carbons (Fsp3) is 0.0833. The van der Waals surface area contributed by atoms with Gasteiger partial charge in [-0.2, -0.15) is 0 Å². The van der Waals surface area contributed by atoms with Crippen molar-refractivity contribution in [2.75, 3.05) is 18.7 Å². The van der Waals surface area contributed by atoms with Crippen LogP contribution in [0.5, 0.6) is 5.75 Å². The first-order valence-electron chi connectivity index (χ1n) is 9.35. The van der Waals surface area contributed by atoms with E-state index in [1.54, 1.807) is 49.3 Å². The molecule has 0 radical (unpaired) electrons. The predicted octanol–water partition coefficient (Wildman–Crippen LogP) is 4.97. The molecule has 0 spiro atoms. The maximum atomic E-state index is 13.2. The molecule has 0 unspecified atom stereocenters. The van der Waals surface area contributed by atoms with Gasteiger partial charge in [-0.1, -0.05) is 30.3 Å². The second kappa shape index (κ2) is 8.47. The lowest BCUT2D eigenvalue weighted by Gasteiger charge is -2.13. The number of hydrogen-bond donors (Lipinski definition) is 1. The van der Waals surface area contributed by atoms with Crippen LogP contribution in [0.25, 0.3) is 16.5 Å². The molecule has 1 amide bonds. The molecule has 6 heteroatoms. The molecule has 5 nitrogen and oxygen atoms in total. The number of carbonyl (C=O) groups is 1. The lowest BCUT2D eigenvalue weighted by atomic mass is 10.1. The van der Waals surface area contributed by atoms with Gasteiger partial charge in [0.2, 0.25) is 0 Å². The highest BCUT2D eigenvalue weighted by atomic mass is 32.2. The van der Waals surface area contributed by atoms with Crippen LogP contribution in [-0.2, 0) is 0 Å². The quantitative estimate of drug-likeness (QED) is 0.467. The lowest BCUT2D eigenvalue weighted by Crippen LogP contribution is -2.22. The van der Waals surface area contributed by atoms with Crippen LogP contribution in [0.4, 0.5) is 5.69 Å². The van der Waals surface area contributed by atoms with Crippen molar-refractivity contribution in [1.82, 2.24) is 4.57 Å². The fourth-order valence-corrected chi connectivity index (χ4v) is 3.78. The number of benzene rings is 3. The minimum Gasteiger partial charge on any atom is -0.497 e. The molecule has 150 valence electrons. The average molecular weight is 417 g/mol. The van der Waals surface area contributed by atoms with Crippen LogP contribution in [0.15, 0.2) is 88.7 Å². The van der Waals surface area contributed by atoms with Crippen molar-refractivity contribution in [3.63, 3.8) is 0 Å². The third kappa shape index (κ3) is 3.82. The van der Waals surface area contributed by atoms with E-state index in [0.29, 0.717) is 33.5 Å². The van der Waals surface area contributed by atoms with E-state index in [-0.39, 0.29) is 11.5 Å². The molecule has 0 aliphatic carbocycles. The molecule has 0 fully saturated rings. The first-order chi connectivity index (χ1) is 14.6. The molecular weight excluding hydrogens is 396 g/mol. The van der Waals surface area contributed by atoms with Gasteiger partial charge in [-0.25, -0.2) is 0 Å². The molecule has 0 aliphatic heterocycles. The van der Waals surface area contributed by atoms with Gasteiger partial charge in [0, 0.05) is 33.6 Å². The van der Waals surface area contributed by atoms with Gasteiger partial charge in [0.25, 0.3) is 11.5 Å². The summed E-state index contributed by atoms with van der Waals surface area (Å²) in [6.45, 7) is 0. The predicted molar refractivity (Wildman–Crippen MR) is 122 cm³/mol. The number of aromatic nitrogens is 1. The monoisotopic (exact) mass is 416 g/mol. The largest absolute Gasteiger partial charge is 0.497 e. The number of pyridine rings is 1. The number of carbonyl (C=O) groups excluding carboxylic acids is 1. The molecular formula is C24H20N2O3S. The number of methoxy groups -OCH3 is 1. The van der Waals surface area contributed by atoms with Gasteiger partial charge < -0.3 is 10.1 Å². The number of nitrogens with one attached hydrogen (secondary N) is 1. The van der Waals surface area contributed by atoms with Crippen LogP contribution in [-0.4, -0.2) is 23.8 Å². The molecule has 3 aromatic carbocycles. The van der Waals surface area contributed by atoms with Crippen molar-refractivity contribution in [1.29, 1.82) is 0 Å². The smallest absolute Gasteiger partial charge is 0.262 e. The lowest BCUT2D eigenvalue weighted by molar-refractivity contribution is 0.102. The van der Waals surface area contributed by atoms with Crippen molar-refractivity contribution in [3.8, 4) is 11.4 Å². The summed E-state index contributed by atoms with van der Waals surface area (Å²) in [7, 11) is 1.57. The molecule has 0 aliphatic rings. The Morgan fingerprint density at radius 3 is 2.50 bits per heavy atom. The molecule has 1 aromatic heterocycles. The van der Waals surface area contributed by atoms with E-state index < -0.39 is 0 Å². The van der Waals surface area contributed by atoms with Gasteiger partial charge in [-0.3, -0.25) is 14.2 Å². The first kappa shape index (κ1) is 19.8. The Morgan fingerprint density at radius 2 is 1.73 bits per heavy atom. The molecule has 1 N–H and O–H groups in total. The van der Waals surface area contributed by atoms with Crippen LogP contribution in [0.3, 0.4) is 0 Å².